The number of carbonyl (C=O) groups is 1. The van der Waals surface area contributed by atoms with Crippen molar-refractivity contribution >= 4 is 33.8 Å². The molecule has 0 aliphatic heterocycles. The lowest BCUT2D eigenvalue weighted by atomic mass is 9.99. The molecule has 8 heteroatoms. The van der Waals surface area contributed by atoms with Crippen molar-refractivity contribution in [1.29, 1.82) is 0 Å². The molecular formula is C27H24N2O6. The van der Waals surface area contributed by atoms with Crippen molar-refractivity contribution in [2.45, 2.75) is 13.8 Å². The van der Waals surface area contributed by atoms with E-state index in [9.17, 15) is 14.9 Å². The van der Waals surface area contributed by atoms with Crippen molar-refractivity contribution in [2.75, 3.05) is 19.5 Å². The van der Waals surface area contributed by atoms with E-state index in [4.69, 9.17) is 13.9 Å². The highest BCUT2D eigenvalue weighted by molar-refractivity contribution is 6.06. The Labute approximate surface area is 201 Å². The maximum absolute atomic E-state index is 12.8. The first-order valence-corrected chi connectivity index (χ1v) is 10.8. The number of benzene rings is 3. The van der Waals surface area contributed by atoms with Gasteiger partial charge < -0.3 is 19.2 Å². The second-order valence-electron chi connectivity index (χ2n) is 8.02. The van der Waals surface area contributed by atoms with Gasteiger partial charge in [0, 0.05) is 40.8 Å². The summed E-state index contributed by atoms with van der Waals surface area (Å²) in [5, 5.41) is 14.7. The predicted octanol–water partition coefficient (Wildman–Crippen LogP) is 6.38. The maximum Gasteiger partial charge on any atom is 0.271 e. The number of fused-ring (bicyclic) bond motifs is 1. The van der Waals surface area contributed by atoms with E-state index < -0.39 is 10.8 Å². The molecular weight excluding hydrogens is 448 g/mol. The summed E-state index contributed by atoms with van der Waals surface area (Å²) in [5.74, 6) is 0.404. The molecule has 1 amide bonds. The number of anilines is 1. The first kappa shape index (κ1) is 23.6. The minimum absolute atomic E-state index is 0.155. The van der Waals surface area contributed by atoms with Crippen molar-refractivity contribution in [1.82, 2.24) is 0 Å². The highest BCUT2D eigenvalue weighted by atomic mass is 16.6. The van der Waals surface area contributed by atoms with Crippen molar-refractivity contribution in [3.63, 3.8) is 0 Å². The molecule has 8 nitrogen and oxygen atoms in total. The van der Waals surface area contributed by atoms with Crippen molar-refractivity contribution in [3.8, 4) is 22.6 Å². The molecule has 0 saturated heterocycles. The first-order chi connectivity index (χ1) is 16.8. The molecule has 0 aliphatic rings. The summed E-state index contributed by atoms with van der Waals surface area (Å²) in [6.07, 6.45) is 3.12. The van der Waals surface area contributed by atoms with Gasteiger partial charge in [-0.1, -0.05) is 29.8 Å². The second-order valence-corrected chi connectivity index (χ2v) is 8.02. The normalized spacial score (nSPS) is 11.4. The Morgan fingerprint density at radius 2 is 1.74 bits per heavy atom. The van der Waals surface area contributed by atoms with E-state index in [0.29, 0.717) is 22.7 Å². The number of furan rings is 1. The van der Waals surface area contributed by atoms with Crippen LogP contribution in [0.1, 0.15) is 18.1 Å². The molecule has 0 saturated carbocycles. The fourth-order valence-electron chi connectivity index (χ4n) is 3.84. The number of amides is 1. The first-order valence-electron chi connectivity index (χ1n) is 10.8. The minimum atomic E-state index is -0.535. The van der Waals surface area contributed by atoms with Crippen LogP contribution in [0, 0.1) is 17.0 Å². The molecule has 0 bridgehead atoms. The van der Waals surface area contributed by atoms with Crippen LogP contribution in [0.5, 0.6) is 11.5 Å². The molecule has 1 aromatic heterocycles. The Morgan fingerprint density at radius 3 is 2.40 bits per heavy atom. The van der Waals surface area contributed by atoms with Crippen LogP contribution >= 0.6 is 0 Å². The monoisotopic (exact) mass is 472 g/mol. The fourth-order valence-corrected chi connectivity index (χ4v) is 3.84. The number of nitrogens with one attached hydrogen (secondary N) is 1. The van der Waals surface area contributed by atoms with Gasteiger partial charge in [0.15, 0.2) is 0 Å². The summed E-state index contributed by atoms with van der Waals surface area (Å²) < 4.78 is 16.6. The molecule has 35 heavy (non-hydrogen) atoms. The molecule has 0 fully saturated rings. The third-order valence-corrected chi connectivity index (χ3v) is 5.68. The van der Waals surface area contributed by atoms with Crippen LogP contribution in [0.3, 0.4) is 0 Å². The van der Waals surface area contributed by atoms with E-state index in [-0.39, 0.29) is 11.4 Å². The number of ether oxygens (including phenoxy) is 2. The highest BCUT2D eigenvalue weighted by Gasteiger charge is 2.16. The van der Waals surface area contributed by atoms with E-state index in [1.165, 1.54) is 31.4 Å². The largest absolute Gasteiger partial charge is 0.496 e. The average molecular weight is 472 g/mol. The molecule has 1 N–H and O–H groups in total. The molecule has 1 heterocycles. The molecule has 4 rings (SSSR count). The molecule has 0 spiro atoms. The molecule has 0 unspecified atom stereocenters. The Hall–Kier alpha value is -4.59. The van der Waals surface area contributed by atoms with E-state index in [1.807, 2.05) is 37.3 Å². The zero-order valence-electron chi connectivity index (χ0n) is 19.7. The Balaban J connectivity index is 1.70. The lowest BCUT2D eigenvalue weighted by Gasteiger charge is -2.11. The summed E-state index contributed by atoms with van der Waals surface area (Å²) in [7, 11) is 2.98. The molecule has 0 aliphatic carbocycles. The summed E-state index contributed by atoms with van der Waals surface area (Å²) in [5.41, 5.74) is 5.18. The van der Waals surface area contributed by atoms with Gasteiger partial charge in [-0.3, -0.25) is 14.9 Å². The van der Waals surface area contributed by atoms with E-state index in [1.54, 1.807) is 26.4 Å². The smallest absolute Gasteiger partial charge is 0.271 e. The molecule has 178 valence electrons. The van der Waals surface area contributed by atoms with Crippen molar-refractivity contribution < 1.29 is 23.6 Å². The number of allylic oxidation sites excluding steroid dienone is 1. The summed E-state index contributed by atoms with van der Waals surface area (Å²) >= 11 is 0. The van der Waals surface area contributed by atoms with Crippen LogP contribution in [0.25, 0.3) is 27.7 Å². The number of rotatable bonds is 7. The van der Waals surface area contributed by atoms with Gasteiger partial charge in [-0.2, -0.15) is 0 Å². The van der Waals surface area contributed by atoms with Crippen molar-refractivity contribution in [3.05, 3.63) is 88.2 Å². The number of nitrogens with zero attached hydrogens (tertiary/aromatic N) is 1. The van der Waals surface area contributed by atoms with Crippen LogP contribution in [0.2, 0.25) is 0 Å². The van der Waals surface area contributed by atoms with Crippen LogP contribution in [0.4, 0.5) is 11.4 Å². The topological polar surface area (TPSA) is 104 Å². The third kappa shape index (κ3) is 4.86. The van der Waals surface area contributed by atoms with Crippen molar-refractivity contribution in [2.24, 2.45) is 0 Å². The number of hydrogen-bond acceptors (Lipinski definition) is 6. The quantitative estimate of drug-likeness (QED) is 0.190. The van der Waals surface area contributed by atoms with E-state index >= 15 is 0 Å². The van der Waals surface area contributed by atoms with Gasteiger partial charge in [-0.05, 0) is 37.1 Å². The van der Waals surface area contributed by atoms with Gasteiger partial charge in [0.25, 0.3) is 5.69 Å². The summed E-state index contributed by atoms with van der Waals surface area (Å²) in [6, 6.07) is 15.9. The lowest BCUT2D eigenvalue weighted by molar-refractivity contribution is -0.384. The number of hydrogen-bond donors (Lipinski definition) is 1. The van der Waals surface area contributed by atoms with Gasteiger partial charge in [0.05, 0.1) is 31.1 Å². The van der Waals surface area contributed by atoms with Crippen LogP contribution in [0.15, 0.2) is 71.4 Å². The fraction of sp³-hybridized carbons (Fsp3) is 0.148. The van der Waals surface area contributed by atoms with Gasteiger partial charge in [0.1, 0.15) is 17.1 Å². The molecule has 4 aromatic rings. The van der Waals surface area contributed by atoms with Gasteiger partial charge in [-0.25, -0.2) is 0 Å². The van der Waals surface area contributed by atoms with Gasteiger partial charge in [-0.15, -0.1) is 0 Å². The zero-order chi connectivity index (χ0) is 25.1. The maximum atomic E-state index is 12.8. The third-order valence-electron chi connectivity index (χ3n) is 5.68. The molecule has 0 atom stereocenters. The van der Waals surface area contributed by atoms with Gasteiger partial charge >= 0.3 is 0 Å². The zero-order valence-corrected chi connectivity index (χ0v) is 19.7. The second kappa shape index (κ2) is 9.72. The number of carbonyl (C=O) groups excluding carboxylic acids is 1. The number of methoxy groups -OCH3 is 2. The molecule has 3 aromatic carbocycles. The highest BCUT2D eigenvalue weighted by Crippen LogP contribution is 2.37. The van der Waals surface area contributed by atoms with Crippen LogP contribution < -0.4 is 14.8 Å². The van der Waals surface area contributed by atoms with E-state index in [2.05, 4.69) is 5.32 Å². The van der Waals surface area contributed by atoms with Crippen LogP contribution in [-0.2, 0) is 4.79 Å². The van der Waals surface area contributed by atoms with E-state index in [0.717, 1.165) is 27.6 Å². The predicted molar refractivity (Wildman–Crippen MR) is 135 cm³/mol. The lowest BCUT2D eigenvalue weighted by Crippen LogP contribution is -2.10. The SMILES string of the molecule is COc1ccc([N+](=O)[O-])cc1NC(=O)/C=C(\C)c1cc2c(-c3ccc(C)cc3)coc2cc1OC. The number of aryl methyl sites for hydroxylation is 1. The average Bonchev–Trinajstić information content (AvgIpc) is 3.26. The van der Waals surface area contributed by atoms with Gasteiger partial charge in [0.2, 0.25) is 5.91 Å². The Kier molecular flexibility index (Phi) is 6.55. The Bertz CT molecular complexity index is 1450. The standard InChI is InChI=1S/C27H24N2O6/c1-16-5-7-18(8-6-16)22-15-35-26-14-25(34-4)20(13-21(22)26)17(2)11-27(30)28-23-12-19(29(31)32)9-10-24(23)33-3/h5-15H,1-4H3,(H,28,30)/b17-11+. The summed E-state index contributed by atoms with van der Waals surface area (Å²) in [4.78, 5) is 23.4. The Morgan fingerprint density at radius 1 is 1.03 bits per heavy atom. The minimum Gasteiger partial charge on any atom is -0.496 e. The molecule has 0 radical (unpaired) electrons. The summed E-state index contributed by atoms with van der Waals surface area (Å²) in [6.45, 7) is 3.82. The number of nitro benzene ring substituents is 1. The van der Waals surface area contributed by atoms with Crippen LogP contribution in [-0.4, -0.2) is 25.1 Å². The number of non-ortho nitro benzene ring substituents is 1. The number of nitro groups is 1.